The van der Waals surface area contributed by atoms with Gasteiger partial charge in [-0.3, -0.25) is 0 Å². The van der Waals surface area contributed by atoms with Gasteiger partial charge in [-0.1, -0.05) is 89.9 Å². The van der Waals surface area contributed by atoms with Crippen molar-refractivity contribution >= 4 is 29.3 Å². The van der Waals surface area contributed by atoms with Gasteiger partial charge < -0.3 is 29.0 Å². The Morgan fingerprint density at radius 2 is 1.32 bits per heavy atom. The van der Waals surface area contributed by atoms with Crippen molar-refractivity contribution in [2.24, 2.45) is 0 Å². The number of carboxylic acid groups (broad SMARTS) is 1. The van der Waals surface area contributed by atoms with E-state index in [0.29, 0.717) is 32.0 Å². The van der Waals surface area contributed by atoms with Crippen molar-refractivity contribution in [3.63, 3.8) is 0 Å². The summed E-state index contributed by atoms with van der Waals surface area (Å²) in [5.74, 6) is -1.05. The lowest BCUT2D eigenvalue weighted by Gasteiger charge is -2.42. The number of carbonyl (C=O) groups is 1. The van der Waals surface area contributed by atoms with Gasteiger partial charge in [0.05, 0.1) is 68.4 Å². The fraction of sp³-hybridized carbons (Fsp3) is 0.306. The molecule has 1 saturated heterocycles. The van der Waals surface area contributed by atoms with Crippen molar-refractivity contribution < 1.29 is 37.6 Å². The van der Waals surface area contributed by atoms with Gasteiger partial charge in [-0.05, 0) is 35.4 Å². The predicted molar refractivity (Wildman–Crippen MR) is 175 cm³/mol. The van der Waals surface area contributed by atoms with E-state index < -0.39 is 35.9 Å². The van der Waals surface area contributed by atoms with Gasteiger partial charge in [0, 0.05) is 23.5 Å². The van der Waals surface area contributed by atoms with Crippen LogP contribution in [0, 0.1) is 11.6 Å². The van der Waals surface area contributed by atoms with E-state index in [9.17, 15) is 18.7 Å². The van der Waals surface area contributed by atoms with Crippen molar-refractivity contribution in [1.82, 2.24) is 4.90 Å². The van der Waals surface area contributed by atoms with Crippen LogP contribution < -0.4 is 4.74 Å². The largest absolute Gasteiger partial charge is 0.494 e. The van der Waals surface area contributed by atoms with Crippen LogP contribution in [0.25, 0.3) is 0 Å². The number of nitrogens with zero attached hydrogens (tertiary/aromatic N) is 1. The number of likely N-dealkylation sites (tertiary alicyclic amines) is 1. The number of ether oxygens (including phenoxy) is 4. The molecule has 4 aromatic rings. The Kier molecular flexibility index (Phi) is 12.4. The van der Waals surface area contributed by atoms with Crippen LogP contribution in [0.15, 0.2) is 91.0 Å². The van der Waals surface area contributed by atoms with Crippen LogP contribution in [0.5, 0.6) is 5.75 Å². The molecule has 3 atom stereocenters. The van der Waals surface area contributed by atoms with Crippen LogP contribution >= 0.6 is 23.2 Å². The Hall–Kier alpha value is -3.73. The predicted octanol–water partition coefficient (Wildman–Crippen LogP) is 8.51. The minimum Gasteiger partial charge on any atom is -0.494 e. The molecule has 1 heterocycles. The molecule has 1 aliphatic heterocycles. The number of hydrogen-bond acceptors (Lipinski definition) is 5. The van der Waals surface area contributed by atoms with Gasteiger partial charge >= 0.3 is 6.09 Å². The highest BCUT2D eigenvalue weighted by Crippen LogP contribution is 2.35. The van der Waals surface area contributed by atoms with E-state index in [1.807, 2.05) is 54.6 Å². The molecule has 7 nitrogen and oxygen atoms in total. The van der Waals surface area contributed by atoms with Crippen LogP contribution in [0.4, 0.5) is 13.6 Å². The van der Waals surface area contributed by atoms with E-state index in [-0.39, 0.29) is 47.5 Å². The van der Waals surface area contributed by atoms with E-state index >= 15 is 0 Å². The summed E-state index contributed by atoms with van der Waals surface area (Å²) in [6.07, 6.45) is -1.93. The second-order valence-corrected chi connectivity index (χ2v) is 12.0. The van der Waals surface area contributed by atoms with Crippen molar-refractivity contribution in [2.45, 2.75) is 44.4 Å². The number of benzene rings is 4. The van der Waals surface area contributed by atoms with Gasteiger partial charge in [0.15, 0.2) is 0 Å². The first kappa shape index (κ1) is 34.6. The smallest absolute Gasteiger partial charge is 0.407 e. The van der Waals surface area contributed by atoms with Gasteiger partial charge in [0.1, 0.15) is 17.4 Å². The molecule has 47 heavy (non-hydrogen) atoms. The van der Waals surface area contributed by atoms with Crippen molar-refractivity contribution in [2.75, 3.05) is 26.3 Å². The second kappa shape index (κ2) is 16.9. The molecule has 1 aliphatic rings. The zero-order valence-electron chi connectivity index (χ0n) is 25.5. The summed E-state index contributed by atoms with van der Waals surface area (Å²) in [6.45, 7) is 1.27. The maximum atomic E-state index is 14.7. The summed E-state index contributed by atoms with van der Waals surface area (Å²) in [4.78, 5) is 13.3. The normalized spacial score (nSPS) is 17.9. The molecule has 4 aromatic carbocycles. The first-order chi connectivity index (χ1) is 22.8. The van der Waals surface area contributed by atoms with Gasteiger partial charge in [0.25, 0.3) is 0 Å². The summed E-state index contributed by atoms with van der Waals surface area (Å²) in [7, 11) is 0. The van der Waals surface area contributed by atoms with Crippen molar-refractivity contribution in [3.05, 3.63) is 135 Å². The molecule has 5 rings (SSSR count). The van der Waals surface area contributed by atoms with E-state index in [4.69, 9.17) is 42.1 Å². The van der Waals surface area contributed by atoms with Crippen LogP contribution in [0.3, 0.4) is 0 Å². The maximum absolute atomic E-state index is 14.7. The minimum absolute atomic E-state index is 0.00873. The Bertz CT molecular complexity index is 1550. The molecular formula is C36H35Cl2F2NO6. The second-order valence-electron chi connectivity index (χ2n) is 11.1. The third-order valence-corrected chi connectivity index (χ3v) is 8.50. The standard InChI is InChI=1S/C36H35Cl2F2NO6/c37-29-11-4-9-26(34(29)39)22-46-31-19-41(36(42)43)20-32(47-23-27-10-5-12-30(38)35(27)40)33(31)25-13-15-28(16-14-25)45-18-6-17-44-21-24-7-2-1-3-8-24/h1-5,7-16,31-33H,6,17-23H2,(H,42,43)/t31-,32+,33?. The molecule has 0 bridgehead atoms. The molecular weight excluding hydrogens is 651 g/mol. The van der Waals surface area contributed by atoms with Crippen LogP contribution in [0.1, 0.15) is 34.6 Å². The number of amides is 1. The van der Waals surface area contributed by atoms with Crippen LogP contribution in [-0.2, 0) is 34.0 Å². The monoisotopic (exact) mass is 685 g/mol. The maximum Gasteiger partial charge on any atom is 0.407 e. The van der Waals surface area contributed by atoms with Gasteiger partial charge in [-0.25, -0.2) is 13.6 Å². The molecule has 1 unspecified atom stereocenters. The number of rotatable bonds is 14. The number of piperidine rings is 1. The topological polar surface area (TPSA) is 77.5 Å². The van der Waals surface area contributed by atoms with Crippen LogP contribution in [-0.4, -0.2) is 54.6 Å². The first-order valence-electron chi connectivity index (χ1n) is 15.2. The summed E-state index contributed by atoms with van der Waals surface area (Å²) < 4.78 is 53.5. The molecule has 11 heteroatoms. The Labute approximate surface area is 282 Å². The minimum atomic E-state index is -1.16. The molecule has 0 spiro atoms. The third-order valence-electron chi connectivity index (χ3n) is 7.92. The summed E-state index contributed by atoms with van der Waals surface area (Å²) in [5, 5.41) is 9.85. The highest BCUT2D eigenvalue weighted by Gasteiger charge is 2.41. The summed E-state index contributed by atoms with van der Waals surface area (Å²) in [6, 6.07) is 26.6. The Morgan fingerprint density at radius 3 is 1.87 bits per heavy atom. The lowest BCUT2D eigenvalue weighted by molar-refractivity contribution is -0.0943. The average molecular weight is 687 g/mol. The van der Waals surface area contributed by atoms with E-state index in [1.165, 1.54) is 17.0 Å². The highest BCUT2D eigenvalue weighted by molar-refractivity contribution is 6.31. The average Bonchev–Trinajstić information content (AvgIpc) is 3.08. The van der Waals surface area contributed by atoms with E-state index in [0.717, 1.165) is 11.1 Å². The molecule has 1 N–H and O–H groups in total. The molecule has 1 fully saturated rings. The molecule has 248 valence electrons. The Balaban J connectivity index is 1.30. The fourth-order valence-electron chi connectivity index (χ4n) is 5.49. The Morgan fingerprint density at radius 1 is 0.745 bits per heavy atom. The summed E-state index contributed by atoms with van der Waals surface area (Å²) >= 11 is 12.0. The van der Waals surface area contributed by atoms with Gasteiger partial charge in [-0.15, -0.1) is 0 Å². The molecule has 0 radical (unpaired) electrons. The van der Waals surface area contributed by atoms with Gasteiger partial charge in [0.2, 0.25) is 0 Å². The number of hydrogen-bond donors (Lipinski definition) is 1. The fourth-order valence-corrected chi connectivity index (χ4v) is 5.88. The van der Waals surface area contributed by atoms with Crippen molar-refractivity contribution in [3.8, 4) is 5.75 Å². The zero-order valence-corrected chi connectivity index (χ0v) is 27.0. The molecule has 1 amide bonds. The van der Waals surface area contributed by atoms with E-state index in [1.54, 1.807) is 24.3 Å². The van der Waals surface area contributed by atoms with Crippen molar-refractivity contribution in [1.29, 1.82) is 0 Å². The molecule has 0 saturated carbocycles. The van der Waals surface area contributed by atoms with Crippen LogP contribution in [0.2, 0.25) is 10.0 Å². The molecule has 0 aliphatic carbocycles. The van der Waals surface area contributed by atoms with Gasteiger partial charge in [-0.2, -0.15) is 0 Å². The third kappa shape index (κ3) is 9.43. The quantitative estimate of drug-likeness (QED) is 0.134. The SMILES string of the molecule is O=C(O)N1C[C@H](OCc2cccc(Cl)c2F)C(c2ccc(OCCCOCc3ccccc3)cc2)[C@H](OCc2cccc(Cl)c2F)C1. The lowest BCUT2D eigenvalue weighted by Crippen LogP contribution is -2.54. The zero-order chi connectivity index (χ0) is 33.2. The highest BCUT2D eigenvalue weighted by atomic mass is 35.5. The van der Waals surface area contributed by atoms with E-state index in [2.05, 4.69) is 0 Å². The lowest BCUT2D eigenvalue weighted by atomic mass is 9.84. The number of halogens is 4. The first-order valence-corrected chi connectivity index (χ1v) is 16.0. The summed E-state index contributed by atoms with van der Waals surface area (Å²) in [5.41, 5.74) is 2.37. The molecule has 0 aromatic heterocycles.